The molecule has 1 rings (SSSR count). The first-order chi connectivity index (χ1) is 6.11. The summed E-state index contributed by atoms with van der Waals surface area (Å²) in [5.74, 6) is 0. The maximum Gasteiger partial charge on any atom is 0.0873 e. The van der Waals surface area contributed by atoms with Gasteiger partial charge in [0.25, 0.3) is 0 Å². The third-order valence-electron chi connectivity index (χ3n) is 2.19. The van der Waals surface area contributed by atoms with Crippen LogP contribution in [0.1, 0.15) is 30.8 Å². The quantitative estimate of drug-likeness (QED) is 0.429. The van der Waals surface area contributed by atoms with Crippen molar-refractivity contribution in [2.75, 3.05) is 0 Å². The number of hydrogen-bond donors (Lipinski definition) is 1. The van der Waals surface area contributed by atoms with Crippen LogP contribution in [-0.2, 0) is 6.54 Å². The van der Waals surface area contributed by atoms with Crippen LogP contribution in [0.2, 0.25) is 0 Å². The van der Waals surface area contributed by atoms with Crippen LogP contribution >= 0.6 is 0 Å². The molecule has 0 aromatic carbocycles. The van der Waals surface area contributed by atoms with Crippen molar-refractivity contribution in [3.63, 3.8) is 0 Å². The molecule has 72 valence electrons. The number of rotatable bonds is 2. The maximum atomic E-state index is 8.67. The van der Waals surface area contributed by atoms with E-state index in [2.05, 4.69) is 10.3 Å². The molecular formula is C9H15N3O. The molecule has 0 spiro atoms. The molecular weight excluding hydrogens is 166 g/mol. The number of aromatic nitrogens is 2. The summed E-state index contributed by atoms with van der Waals surface area (Å²) in [6.45, 7) is 8.55. The Morgan fingerprint density at radius 3 is 2.54 bits per heavy atom. The van der Waals surface area contributed by atoms with Crippen molar-refractivity contribution in [3.05, 3.63) is 17.0 Å². The van der Waals surface area contributed by atoms with Crippen LogP contribution in [0.4, 0.5) is 0 Å². The predicted octanol–water partition coefficient (Wildman–Crippen LogP) is 1.72. The zero-order valence-corrected chi connectivity index (χ0v) is 8.50. The first-order valence-corrected chi connectivity index (χ1v) is 4.34. The zero-order chi connectivity index (χ0) is 10.0. The minimum atomic E-state index is 0.620. The Kier molecular flexibility index (Phi) is 2.70. The first-order valence-electron chi connectivity index (χ1n) is 4.34. The van der Waals surface area contributed by atoms with Gasteiger partial charge < -0.3 is 5.21 Å². The Balaban J connectivity index is 3.28. The normalized spacial score (nSPS) is 12.2. The van der Waals surface area contributed by atoms with Gasteiger partial charge in [0, 0.05) is 17.8 Å². The van der Waals surface area contributed by atoms with Crippen molar-refractivity contribution < 1.29 is 5.21 Å². The highest BCUT2D eigenvalue weighted by atomic mass is 16.4. The number of hydrogen-bond acceptors (Lipinski definition) is 3. The lowest BCUT2D eigenvalue weighted by Gasteiger charge is -2.00. The van der Waals surface area contributed by atoms with Crippen molar-refractivity contribution >= 4 is 5.71 Å². The Hall–Kier alpha value is -1.32. The van der Waals surface area contributed by atoms with Gasteiger partial charge in [0.05, 0.1) is 11.4 Å². The molecule has 1 aromatic heterocycles. The minimum Gasteiger partial charge on any atom is -0.411 e. The van der Waals surface area contributed by atoms with Gasteiger partial charge in [-0.15, -0.1) is 0 Å². The van der Waals surface area contributed by atoms with E-state index in [1.807, 2.05) is 25.5 Å². The highest BCUT2D eigenvalue weighted by molar-refractivity contribution is 6.00. The average Bonchev–Trinajstić information content (AvgIpc) is 2.40. The molecule has 0 saturated carbocycles. The number of aryl methyl sites for hydroxylation is 2. The van der Waals surface area contributed by atoms with Gasteiger partial charge in [0.15, 0.2) is 0 Å². The van der Waals surface area contributed by atoms with Crippen LogP contribution in [0.3, 0.4) is 0 Å². The molecule has 0 radical (unpaired) electrons. The van der Waals surface area contributed by atoms with Gasteiger partial charge in [-0.25, -0.2) is 0 Å². The Labute approximate surface area is 77.9 Å². The summed E-state index contributed by atoms with van der Waals surface area (Å²) in [6.07, 6.45) is 0. The fourth-order valence-corrected chi connectivity index (χ4v) is 1.58. The molecule has 1 N–H and O–H groups in total. The van der Waals surface area contributed by atoms with Crippen LogP contribution in [0.15, 0.2) is 5.16 Å². The van der Waals surface area contributed by atoms with Crippen LogP contribution < -0.4 is 0 Å². The molecule has 0 aliphatic rings. The summed E-state index contributed by atoms with van der Waals surface area (Å²) >= 11 is 0. The van der Waals surface area contributed by atoms with E-state index < -0.39 is 0 Å². The molecule has 0 aliphatic heterocycles. The second kappa shape index (κ2) is 3.60. The van der Waals surface area contributed by atoms with E-state index in [1.165, 1.54) is 0 Å². The highest BCUT2D eigenvalue weighted by Gasteiger charge is 2.12. The van der Waals surface area contributed by atoms with Crippen LogP contribution in [0, 0.1) is 13.8 Å². The average molecular weight is 181 g/mol. The smallest absolute Gasteiger partial charge is 0.0873 e. The molecule has 13 heavy (non-hydrogen) atoms. The van der Waals surface area contributed by atoms with Crippen molar-refractivity contribution in [3.8, 4) is 0 Å². The van der Waals surface area contributed by atoms with Gasteiger partial charge in [0.1, 0.15) is 0 Å². The van der Waals surface area contributed by atoms with E-state index in [0.29, 0.717) is 5.71 Å². The second-order valence-electron chi connectivity index (χ2n) is 3.05. The van der Waals surface area contributed by atoms with Gasteiger partial charge in [0.2, 0.25) is 0 Å². The summed E-state index contributed by atoms with van der Waals surface area (Å²) in [5.41, 5.74) is 3.53. The van der Waals surface area contributed by atoms with E-state index >= 15 is 0 Å². The monoisotopic (exact) mass is 181 g/mol. The molecule has 0 atom stereocenters. The van der Waals surface area contributed by atoms with Gasteiger partial charge in [-0.2, -0.15) is 5.10 Å². The summed E-state index contributed by atoms with van der Waals surface area (Å²) in [6, 6.07) is 0. The van der Waals surface area contributed by atoms with Crippen LogP contribution in [0.5, 0.6) is 0 Å². The molecule has 1 aromatic rings. The van der Waals surface area contributed by atoms with Gasteiger partial charge in [-0.3, -0.25) is 4.68 Å². The third kappa shape index (κ3) is 1.56. The summed E-state index contributed by atoms with van der Waals surface area (Å²) in [4.78, 5) is 0. The second-order valence-corrected chi connectivity index (χ2v) is 3.05. The molecule has 0 amide bonds. The number of oxime groups is 1. The molecule has 0 aliphatic carbocycles. The van der Waals surface area contributed by atoms with Crippen molar-refractivity contribution in [2.45, 2.75) is 34.2 Å². The molecule has 1 heterocycles. The summed E-state index contributed by atoms with van der Waals surface area (Å²) in [7, 11) is 0. The molecule has 4 heteroatoms. The molecule has 0 fully saturated rings. The maximum absolute atomic E-state index is 8.67. The topological polar surface area (TPSA) is 50.4 Å². The van der Waals surface area contributed by atoms with Gasteiger partial charge in [-0.05, 0) is 27.7 Å². The summed E-state index contributed by atoms with van der Waals surface area (Å²) in [5, 5.41) is 16.2. The molecule has 0 bridgehead atoms. The van der Waals surface area contributed by atoms with E-state index in [1.54, 1.807) is 6.92 Å². The Morgan fingerprint density at radius 1 is 1.54 bits per heavy atom. The van der Waals surface area contributed by atoms with Crippen molar-refractivity contribution in [1.29, 1.82) is 0 Å². The van der Waals surface area contributed by atoms with Crippen molar-refractivity contribution in [1.82, 2.24) is 9.78 Å². The van der Waals surface area contributed by atoms with Crippen molar-refractivity contribution in [2.24, 2.45) is 5.16 Å². The van der Waals surface area contributed by atoms with Gasteiger partial charge >= 0.3 is 0 Å². The van der Waals surface area contributed by atoms with Gasteiger partial charge in [-0.1, -0.05) is 5.16 Å². The Morgan fingerprint density at radius 2 is 2.15 bits per heavy atom. The standard InChI is InChI=1S/C9H15N3O/c1-5-12-8(4)9(6(2)10-12)7(3)11-13/h13H,5H2,1-4H3/b11-7-. The molecule has 0 unspecified atom stereocenters. The highest BCUT2D eigenvalue weighted by Crippen LogP contribution is 2.13. The lowest BCUT2D eigenvalue weighted by molar-refractivity contribution is 0.319. The van der Waals surface area contributed by atoms with Crippen LogP contribution in [-0.4, -0.2) is 20.7 Å². The fraction of sp³-hybridized carbons (Fsp3) is 0.556. The lowest BCUT2D eigenvalue weighted by atomic mass is 10.1. The molecule has 0 saturated heterocycles. The minimum absolute atomic E-state index is 0.620. The van der Waals surface area contributed by atoms with E-state index in [4.69, 9.17) is 5.21 Å². The number of nitrogens with zero attached hydrogens (tertiary/aromatic N) is 3. The zero-order valence-electron chi connectivity index (χ0n) is 8.50. The van der Waals surface area contributed by atoms with E-state index in [-0.39, 0.29) is 0 Å². The Bertz CT molecular complexity index is 339. The van der Waals surface area contributed by atoms with E-state index in [0.717, 1.165) is 23.5 Å². The van der Waals surface area contributed by atoms with E-state index in [9.17, 15) is 0 Å². The summed E-state index contributed by atoms with van der Waals surface area (Å²) < 4.78 is 1.90. The first kappa shape index (κ1) is 9.77. The SMILES string of the molecule is CCn1nc(C)c(/C(C)=N\O)c1C. The largest absolute Gasteiger partial charge is 0.411 e. The fourth-order valence-electron chi connectivity index (χ4n) is 1.58. The molecule has 4 nitrogen and oxygen atoms in total. The third-order valence-corrected chi connectivity index (χ3v) is 2.19. The predicted molar refractivity (Wildman–Crippen MR) is 51.4 cm³/mol. The van der Waals surface area contributed by atoms with Crippen LogP contribution in [0.25, 0.3) is 0 Å². The lowest BCUT2D eigenvalue weighted by Crippen LogP contribution is -2.01.